The molecule has 0 saturated carbocycles. The number of nitrogens with one attached hydrogen (secondary N) is 3. The first-order valence-corrected chi connectivity index (χ1v) is 14.0. The van der Waals surface area contributed by atoms with Crippen molar-refractivity contribution in [1.82, 2.24) is 9.71 Å². The number of nitrogens with zero attached hydrogens (tertiary/aromatic N) is 2. The van der Waals surface area contributed by atoms with Gasteiger partial charge < -0.3 is 10.6 Å². The van der Waals surface area contributed by atoms with Gasteiger partial charge in [0, 0.05) is 29.4 Å². The molecule has 1 amide bonds. The van der Waals surface area contributed by atoms with Crippen LogP contribution in [-0.2, 0) is 10.0 Å². The molecule has 0 bridgehead atoms. The summed E-state index contributed by atoms with van der Waals surface area (Å²) >= 11 is 1.21. The maximum Gasteiger partial charge on any atom is 0.268 e. The molecule has 0 spiro atoms. The van der Waals surface area contributed by atoms with E-state index >= 15 is 0 Å². The molecule has 0 atom stereocenters. The standard InChI is InChI=1S/C28H27N5O3S2/c1-28(2,3)33-38(35,36)23-11-6-5-10-22(23)19-12-14-21(15-13-19)31-26(34)25-24(32-27(30-4)37-25)20-9-7-8-18(16-20)17-29/h5-16,33H,1-4H3,(H,30,32)(H,31,34). The number of rotatable bonds is 7. The second kappa shape index (κ2) is 10.8. The maximum atomic E-state index is 13.2. The zero-order chi connectivity index (χ0) is 27.5. The third-order valence-electron chi connectivity index (χ3n) is 5.38. The van der Waals surface area contributed by atoms with Crippen molar-refractivity contribution in [1.29, 1.82) is 5.26 Å². The van der Waals surface area contributed by atoms with Crippen LogP contribution in [0.15, 0.2) is 77.7 Å². The van der Waals surface area contributed by atoms with E-state index in [1.165, 1.54) is 11.3 Å². The van der Waals surface area contributed by atoms with Gasteiger partial charge in [-0.3, -0.25) is 4.79 Å². The molecule has 38 heavy (non-hydrogen) atoms. The van der Waals surface area contributed by atoms with Crippen LogP contribution in [0.1, 0.15) is 36.0 Å². The van der Waals surface area contributed by atoms with Crippen molar-refractivity contribution in [3.63, 3.8) is 0 Å². The summed E-state index contributed by atoms with van der Waals surface area (Å²) in [5, 5.41) is 15.7. The SMILES string of the molecule is CNc1nc(-c2cccc(C#N)c2)c(C(=O)Nc2ccc(-c3ccccc3S(=O)(=O)NC(C)(C)C)cc2)s1. The molecule has 3 aromatic carbocycles. The minimum atomic E-state index is -3.75. The monoisotopic (exact) mass is 545 g/mol. The Labute approximate surface area is 226 Å². The smallest absolute Gasteiger partial charge is 0.268 e. The molecule has 0 aliphatic rings. The number of benzene rings is 3. The summed E-state index contributed by atoms with van der Waals surface area (Å²) < 4.78 is 28.8. The molecule has 194 valence electrons. The lowest BCUT2D eigenvalue weighted by atomic mass is 10.1. The van der Waals surface area contributed by atoms with Gasteiger partial charge in [-0.15, -0.1) is 0 Å². The molecule has 10 heteroatoms. The van der Waals surface area contributed by atoms with Crippen LogP contribution in [0, 0.1) is 11.3 Å². The normalized spacial score (nSPS) is 11.6. The number of aromatic nitrogens is 1. The molecule has 0 unspecified atom stereocenters. The van der Waals surface area contributed by atoms with Crippen LogP contribution in [0.25, 0.3) is 22.4 Å². The number of hydrogen-bond acceptors (Lipinski definition) is 7. The maximum absolute atomic E-state index is 13.2. The van der Waals surface area contributed by atoms with Gasteiger partial charge in [-0.05, 0) is 56.7 Å². The Morgan fingerprint density at radius 1 is 0.974 bits per heavy atom. The van der Waals surface area contributed by atoms with Crippen molar-refractivity contribution in [3.8, 4) is 28.5 Å². The Balaban J connectivity index is 1.61. The van der Waals surface area contributed by atoms with Crippen LogP contribution in [-0.4, -0.2) is 31.9 Å². The summed E-state index contributed by atoms with van der Waals surface area (Å²) in [7, 11) is -2.02. The molecule has 3 N–H and O–H groups in total. The van der Waals surface area contributed by atoms with Crippen molar-refractivity contribution < 1.29 is 13.2 Å². The molecule has 1 aromatic heterocycles. The predicted molar refractivity (Wildman–Crippen MR) is 152 cm³/mol. The van der Waals surface area contributed by atoms with Crippen molar-refractivity contribution in [3.05, 3.63) is 83.2 Å². The summed E-state index contributed by atoms with van der Waals surface area (Å²) in [5.41, 5.74) is 2.80. The number of nitriles is 1. The molecule has 1 heterocycles. The van der Waals surface area contributed by atoms with Crippen LogP contribution in [0.4, 0.5) is 10.8 Å². The zero-order valence-corrected chi connectivity index (χ0v) is 23.0. The molecule has 0 radical (unpaired) electrons. The van der Waals surface area contributed by atoms with Gasteiger partial charge in [0.05, 0.1) is 22.2 Å². The number of hydrogen-bond donors (Lipinski definition) is 3. The van der Waals surface area contributed by atoms with E-state index < -0.39 is 15.6 Å². The lowest BCUT2D eigenvalue weighted by Gasteiger charge is -2.21. The van der Waals surface area contributed by atoms with E-state index in [0.717, 1.165) is 0 Å². The van der Waals surface area contributed by atoms with E-state index in [1.54, 1.807) is 101 Å². The minimum absolute atomic E-state index is 0.181. The third-order valence-corrected chi connectivity index (χ3v) is 8.27. The summed E-state index contributed by atoms with van der Waals surface area (Å²) in [6.07, 6.45) is 0. The largest absolute Gasteiger partial charge is 0.365 e. The highest BCUT2D eigenvalue weighted by molar-refractivity contribution is 7.89. The number of anilines is 2. The van der Waals surface area contributed by atoms with Crippen LogP contribution in [0.5, 0.6) is 0 Å². The van der Waals surface area contributed by atoms with Gasteiger partial charge in [-0.25, -0.2) is 18.1 Å². The molecule has 0 aliphatic carbocycles. The topological polar surface area (TPSA) is 124 Å². The highest BCUT2D eigenvalue weighted by Crippen LogP contribution is 2.33. The van der Waals surface area contributed by atoms with Gasteiger partial charge in [0.15, 0.2) is 5.13 Å². The van der Waals surface area contributed by atoms with Gasteiger partial charge in [-0.2, -0.15) is 5.26 Å². The number of sulfonamides is 1. The fraction of sp³-hybridized carbons (Fsp3) is 0.179. The van der Waals surface area contributed by atoms with E-state index in [1.807, 2.05) is 0 Å². The Kier molecular flexibility index (Phi) is 7.64. The van der Waals surface area contributed by atoms with Crippen molar-refractivity contribution >= 4 is 38.1 Å². The van der Waals surface area contributed by atoms with Crippen LogP contribution >= 0.6 is 11.3 Å². The minimum Gasteiger partial charge on any atom is -0.365 e. The first-order chi connectivity index (χ1) is 18.0. The zero-order valence-electron chi connectivity index (χ0n) is 21.4. The molecule has 4 rings (SSSR count). The van der Waals surface area contributed by atoms with Crippen LogP contribution in [0.2, 0.25) is 0 Å². The van der Waals surface area contributed by atoms with Crippen molar-refractivity contribution in [2.75, 3.05) is 17.7 Å². The van der Waals surface area contributed by atoms with E-state index in [-0.39, 0.29) is 10.8 Å². The molecule has 4 aromatic rings. The quantitative estimate of drug-likeness (QED) is 0.273. The third kappa shape index (κ3) is 6.08. The lowest BCUT2D eigenvalue weighted by molar-refractivity contribution is 0.103. The summed E-state index contributed by atoms with van der Waals surface area (Å²) in [6, 6.07) is 22.8. The molecule has 8 nitrogen and oxygen atoms in total. The predicted octanol–water partition coefficient (Wildman–Crippen LogP) is 5.72. The highest BCUT2D eigenvalue weighted by Gasteiger charge is 2.25. The van der Waals surface area contributed by atoms with Gasteiger partial charge in [-0.1, -0.05) is 53.8 Å². The summed E-state index contributed by atoms with van der Waals surface area (Å²) in [5.74, 6) is -0.341. The molecular formula is C28H27N5O3S2. The molecular weight excluding hydrogens is 518 g/mol. The van der Waals surface area contributed by atoms with Crippen LogP contribution < -0.4 is 15.4 Å². The first-order valence-electron chi connectivity index (χ1n) is 11.7. The van der Waals surface area contributed by atoms with E-state index in [0.29, 0.717) is 43.6 Å². The molecule has 0 aliphatic heterocycles. The van der Waals surface area contributed by atoms with E-state index in [9.17, 15) is 18.5 Å². The second-order valence-electron chi connectivity index (χ2n) is 9.52. The number of thiazole rings is 1. The summed E-state index contributed by atoms with van der Waals surface area (Å²) in [6.45, 7) is 5.37. The fourth-order valence-electron chi connectivity index (χ4n) is 3.83. The fourth-order valence-corrected chi connectivity index (χ4v) is 6.32. The Morgan fingerprint density at radius 2 is 1.68 bits per heavy atom. The average Bonchev–Trinajstić information content (AvgIpc) is 3.33. The van der Waals surface area contributed by atoms with E-state index in [2.05, 4.69) is 26.4 Å². The number of amides is 1. The van der Waals surface area contributed by atoms with Gasteiger partial charge in [0.25, 0.3) is 5.91 Å². The second-order valence-corrected chi connectivity index (χ2v) is 12.2. The first kappa shape index (κ1) is 27.0. The van der Waals surface area contributed by atoms with Crippen molar-refractivity contribution in [2.45, 2.75) is 31.2 Å². The molecule has 0 saturated heterocycles. The average molecular weight is 546 g/mol. The van der Waals surface area contributed by atoms with Crippen LogP contribution in [0.3, 0.4) is 0 Å². The van der Waals surface area contributed by atoms with E-state index in [4.69, 9.17) is 0 Å². The van der Waals surface area contributed by atoms with Gasteiger partial charge in [0.1, 0.15) is 4.88 Å². The lowest BCUT2D eigenvalue weighted by Crippen LogP contribution is -2.40. The van der Waals surface area contributed by atoms with Crippen molar-refractivity contribution in [2.24, 2.45) is 0 Å². The van der Waals surface area contributed by atoms with Gasteiger partial charge >= 0.3 is 0 Å². The van der Waals surface area contributed by atoms with Gasteiger partial charge in [0.2, 0.25) is 10.0 Å². The molecule has 0 fully saturated rings. The highest BCUT2D eigenvalue weighted by atomic mass is 32.2. The Morgan fingerprint density at radius 3 is 2.34 bits per heavy atom. The number of carbonyl (C=O) groups excluding carboxylic acids is 1. The summed E-state index contributed by atoms with van der Waals surface area (Å²) in [4.78, 5) is 18.3. The Hall–Kier alpha value is -4.04. The number of carbonyl (C=O) groups is 1. The Bertz CT molecular complexity index is 1630.